The number of nitrogens with one attached hydrogen (secondary N) is 1. The number of imidazole rings is 1. The quantitative estimate of drug-likeness (QED) is 0.742. The molecule has 132 valence electrons. The minimum Gasteiger partial charge on any atom is -0.468 e. The van der Waals surface area contributed by atoms with Gasteiger partial charge in [-0.1, -0.05) is 13.3 Å². The molecule has 0 aromatic carbocycles. The highest BCUT2D eigenvalue weighted by atomic mass is 16.5. The topological polar surface area (TPSA) is 100 Å². The predicted octanol–water partition coefficient (Wildman–Crippen LogP) is 1.60. The average molecular weight is 334 g/mol. The molecule has 1 atom stereocenters. The van der Waals surface area contributed by atoms with E-state index in [2.05, 4.69) is 27.2 Å². The Morgan fingerprint density at radius 1 is 1.33 bits per heavy atom. The molecule has 1 aliphatic heterocycles. The SMILES string of the molecule is CCCCOc1nc(N)c2nc(OC)n(C[C@H]3CCCNC3)c2n1. The number of fused-ring (bicyclic) bond motifs is 1. The summed E-state index contributed by atoms with van der Waals surface area (Å²) in [6.45, 7) is 5.56. The van der Waals surface area contributed by atoms with Gasteiger partial charge in [-0.15, -0.1) is 0 Å². The number of hydrogen-bond donors (Lipinski definition) is 2. The minimum absolute atomic E-state index is 0.305. The van der Waals surface area contributed by atoms with Gasteiger partial charge < -0.3 is 20.5 Å². The number of piperidine rings is 1. The van der Waals surface area contributed by atoms with Crippen LogP contribution in [0.5, 0.6) is 12.0 Å². The molecule has 0 aliphatic carbocycles. The van der Waals surface area contributed by atoms with Gasteiger partial charge in [0.1, 0.15) is 0 Å². The Balaban J connectivity index is 1.92. The van der Waals surface area contributed by atoms with Crippen molar-refractivity contribution in [3.8, 4) is 12.0 Å². The summed E-state index contributed by atoms with van der Waals surface area (Å²) in [4.78, 5) is 13.2. The lowest BCUT2D eigenvalue weighted by molar-refractivity contribution is 0.285. The van der Waals surface area contributed by atoms with Crippen LogP contribution < -0.4 is 20.5 Å². The van der Waals surface area contributed by atoms with Gasteiger partial charge in [0, 0.05) is 6.54 Å². The molecule has 1 fully saturated rings. The molecule has 1 aliphatic rings. The molecule has 8 heteroatoms. The van der Waals surface area contributed by atoms with E-state index in [1.54, 1.807) is 7.11 Å². The highest BCUT2D eigenvalue weighted by molar-refractivity contribution is 5.83. The lowest BCUT2D eigenvalue weighted by atomic mass is 10.00. The average Bonchev–Trinajstić information content (AvgIpc) is 2.94. The van der Waals surface area contributed by atoms with Gasteiger partial charge in [-0.25, -0.2) is 0 Å². The molecule has 3 rings (SSSR count). The van der Waals surface area contributed by atoms with Gasteiger partial charge in [-0.3, -0.25) is 4.57 Å². The molecule has 0 unspecified atom stereocenters. The Kier molecular flexibility index (Phi) is 5.34. The first-order valence-electron chi connectivity index (χ1n) is 8.64. The molecule has 3 heterocycles. The Labute approximate surface area is 141 Å². The first-order chi connectivity index (χ1) is 11.7. The molecular weight excluding hydrogens is 308 g/mol. The number of aromatic nitrogens is 4. The van der Waals surface area contributed by atoms with E-state index in [4.69, 9.17) is 15.2 Å². The van der Waals surface area contributed by atoms with Crippen molar-refractivity contribution in [1.82, 2.24) is 24.8 Å². The second-order valence-corrected chi connectivity index (χ2v) is 6.19. The summed E-state index contributed by atoms with van der Waals surface area (Å²) in [5.41, 5.74) is 7.30. The molecular formula is C16H26N6O2. The molecule has 8 nitrogen and oxygen atoms in total. The minimum atomic E-state index is 0.305. The molecule has 0 radical (unpaired) electrons. The molecule has 0 bridgehead atoms. The van der Waals surface area contributed by atoms with Gasteiger partial charge in [-0.05, 0) is 38.3 Å². The maximum atomic E-state index is 6.06. The van der Waals surface area contributed by atoms with Crippen LogP contribution in [0.2, 0.25) is 0 Å². The number of nitrogens with two attached hydrogens (primary N) is 1. The zero-order valence-corrected chi connectivity index (χ0v) is 14.4. The summed E-state index contributed by atoms with van der Waals surface area (Å²) < 4.78 is 13.0. The van der Waals surface area contributed by atoms with Crippen LogP contribution in [0.1, 0.15) is 32.6 Å². The predicted molar refractivity (Wildman–Crippen MR) is 92.3 cm³/mol. The van der Waals surface area contributed by atoms with E-state index >= 15 is 0 Å². The van der Waals surface area contributed by atoms with Gasteiger partial charge in [0.25, 0.3) is 6.01 Å². The molecule has 0 spiro atoms. The van der Waals surface area contributed by atoms with Crippen LogP contribution in [0, 0.1) is 5.92 Å². The maximum absolute atomic E-state index is 6.06. The Morgan fingerprint density at radius 2 is 2.21 bits per heavy atom. The summed E-state index contributed by atoms with van der Waals surface area (Å²) in [6, 6.07) is 0.821. The van der Waals surface area contributed by atoms with E-state index in [1.165, 1.54) is 12.8 Å². The summed E-state index contributed by atoms with van der Waals surface area (Å²) >= 11 is 0. The van der Waals surface area contributed by atoms with Gasteiger partial charge in [0.2, 0.25) is 0 Å². The normalized spacial score (nSPS) is 18.0. The van der Waals surface area contributed by atoms with Gasteiger partial charge >= 0.3 is 6.01 Å². The molecule has 1 saturated heterocycles. The highest BCUT2D eigenvalue weighted by Crippen LogP contribution is 2.27. The third-order valence-electron chi connectivity index (χ3n) is 4.32. The Morgan fingerprint density at radius 3 is 2.92 bits per heavy atom. The lowest BCUT2D eigenvalue weighted by Crippen LogP contribution is -2.32. The van der Waals surface area contributed by atoms with Crippen molar-refractivity contribution in [1.29, 1.82) is 0 Å². The van der Waals surface area contributed by atoms with Crippen molar-refractivity contribution in [2.75, 3.05) is 32.5 Å². The number of nitrogens with zero attached hydrogens (tertiary/aromatic N) is 4. The van der Waals surface area contributed by atoms with Gasteiger partial charge in [0.15, 0.2) is 17.0 Å². The number of ether oxygens (including phenoxy) is 2. The molecule has 0 amide bonds. The molecule has 2 aromatic rings. The summed E-state index contributed by atoms with van der Waals surface area (Å²) in [5, 5.41) is 3.43. The fraction of sp³-hybridized carbons (Fsp3) is 0.688. The van der Waals surface area contributed by atoms with Crippen molar-refractivity contribution in [2.45, 2.75) is 39.2 Å². The number of anilines is 1. The van der Waals surface area contributed by atoms with Gasteiger partial charge in [-0.2, -0.15) is 15.0 Å². The number of hydrogen-bond acceptors (Lipinski definition) is 7. The lowest BCUT2D eigenvalue weighted by Gasteiger charge is -2.23. The number of nitrogen functional groups attached to an aromatic ring is 1. The molecule has 0 saturated carbocycles. The van der Waals surface area contributed by atoms with Crippen molar-refractivity contribution in [3.63, 3.8) is 0 Å². The smallest absolute Gasteiger partial charge is 0.320 e. The monoisotopic (exact) mass is 334 g/mol. The van der Waals surface area contributed by atoms with E-state index in [0.717, 1.165) is 32.5 Å². The van der Waals surface area contributed by atoms with Crippen molar-refractivity contribution in [3.05, 3.63) is 0 Å². The van der Waals surface area contributed by atoms with E-state index in [-0.39, 0.29) is 0 Å². The van der Waals surface area contributed by atoms with E-state index in [9.17, 15) is 0 Å². The van der Waals surface area contributed by atoms with Crippen molar-refractivity contribution >= 4 is 17.0 Å². The van der Waals surface area contributed by atoms with E-state index in [0.29, 0.717) is 41.5 Å². The molecule has 24 heavy (non-hydrogen) atoms. The van der Waals surface area contributed by atoms with Crippen LogP contribution >= 0.6 is 0 Å². The first kappa shape index (κ1) is 16.8. The number of methoxy groups -OCH3 is 1. The maximum Gasteiger partial charge on any atom is 0.320 e. The third kappa shape index (κ3) is 3.53. The van der Waals surface area contributed by atoms with Crippen LogP contribution in [0.3, 0.4) is 0 Å². The second-order valence-electron chi connectivity index (χ2n) is 6.19. The fourth-order valence-electron chi connectivity index (χ4n) is 3.01. The molecule has 2 aromatic heterocycles. The van der Waals surface area contributed by atoms with Crippen LogP contribution in [0.25, 0.3) is 11.2 Å². The van der Waals surface area contributed by atoms with Crippen LogP contribution in [0.4, 0.5) is 5.82 Å². The summed E-state index contributed by atoms with van der Waals surface area (Å²) in [5.74, 6) is 0.844. The Hall–Kier alpha value is -2.09. The van der Waals surface area contributed by atoms with Crippen LogP contribution in [0.15, 0.2) is 0 Å². The highest BCUT2D eigenvalue weighted by Gasteiger charge is 2.21. The summed E-state index contributed by atoms with van der Waals surface area (Å²) in [6.07, 6.45) is 4.37. The number of rotatable bonds is 7. The van der Waals surface area contributed by atoms with Crippen LogP contribution in [-0.2, 0) is 6.54 Å². The standard InChI is InChI=1S/C16H26N6O2/c1-3-4-8-24-15-20-13(17)12-14(21-15)22(16(19-12)23-2)10-11-6-5-7-18-9-11/h11,18H,3-10H2,1-2H3,(H2,17,20,21)/t11-/m0/s1. The number of unbranched alkanes of at least 4 members (excludes halogenated alkanes) is 1. The van der Waals surface area contributed by atoms with E-state index in [1.807, 2.05) is 4.57 Å². The fourth-order valence-corrected chi connectivity index (χ4v) is 3.01. The van der Waals surface area contributed by atoms with Gasteiger partial charge in [0.05, 0.1) is 13.7 Å². The molecule has 3 N–H and O–H groups in total. The second kappa shape index (κ2) is 7.65. The van der Waals surface area contributed by atoms with Crippen molar-refractivity contribution < 1.29 is 9.47 Å². The third-order valence-corrected chi connectivity index (χ3v) is 4.32. The van der Waals surface area contributed by atoms with E-state index < -0.39 is 0 Å². The zero-order valence-electron chi connectivity index (χ0n) is 14.4. The summed E-state index contributed by atoms with van der Waals surface area (Å²) in [7, 11) is 1.61. The largest absolute Gasteiger partial charge is 0.468 e. The first-order valence-corrected chi connectivity index (χ1v) is 8.64. The zero-order chi connectivity index (χ0) is 16.9. The van der Waals surface area contributed by atoms with Crippen molar-refractivity contribution in [2.24, 2.45) is 5.92 Å². The Bertz CT molecular complexity index is 681. The van der Waals surface area contributed by atoms with Crippen LogP contribution in [-0.4, -0.2) is 46.3 Å².